The summed E-state index contributed by atoms with van der Waals surface area (Å²) in [7, 11) is -3.76. The molecule has 0 saturated heterocycles. The first-order valence-corrected chi connectivity index (χ1v) is 9.86. The lowest BCUT2D eigenvalue weighted by atomic mass is 10.2. The Morgan fingerprint density at radius 3 is 2.44 bits per heavy atom. The number of nitrogens with zero attached hydrogens (tertiary/aromatic N) is 4. The standard InChI is InChI=1S/C16H22N6O4S/c1-3-21(4-2)27(25,26)13-5-6-14(15(11-13)22(23)24)18-9-10-20-16-12-17-7-8-19-16/h5-8,11-12,18H,3-4,9-10H2,1-2H3,(H,19,20). The molecule has 0 aliphatic carbocycles. The zero-order valence-electron chi connectivity index (χ0n) is 15.1. The third-order valence-electron chi connectivity index (χ3n) is 3.82. The summed E-state index contributed by atoms with van der Waals surface area (Å²) in [5.74, 6) is 0.592. The Bertz CT molecular complexity index is 872. The Balaban J connectivity index is 2.12. The van der Waals surface area contributed by atoms with Gasteiger partial charge in [0.15, 0.2) is 0 Å². The van der Waals surface area contributed by atoms with Crippen molar-refractivity contribution in [3.63, 3.8) is 0 Å². The minimum atomic E-state index is -3.76. The summed E-state index contributed by atoms with van der Waals surface area (Å²) in [6, 6.07) is 3.88. The molecule has 1 aromatic carbocycles. The van der Waals surface area contributed by atoms with Crippen LogP contribution in [0.15, 0.2) is 41.7 Å². The minimum absolute atomic E-state index is 0.0962. The maximum Gasteiger partial charge on any atom is 0.293 e. The molecule has 27 heavy (non-hydrogen) atoms. The second-order valence-electron chi connectivity index (χ2n) is 5.47. The number of nitro groups is 1. The summed E-state index contributed by atoms with van der Waals surface area (Å²) in [5.41, 5.74) is -0.0397. The molecule has 2 N–H and O–H groups in total. The zero-order valence-corrected chi connectivity index (χ0v) is 15.9. The van der Waals surface area contributed by atoms with E-state index in [0.717, 1.165) is 6.07 Å². The first kappa shape index (κ1) is 20.5. The van der Waals surface area contributed by atoms with Gasteiger partial charge in [-0.15, -0.1) is 0 Å². The smallest absolute Gasteiger partial charge is 0.293 e. The number of nitrogens with one attached hydrogen (secondary N) is 2. The predicted octanol–water partition coefficient (Wildman–Crippen LogP) is 1.94. The Morgan fingerprint density at radius 2 is 1.85 bits per heavy atom. The second kappa shape index (κ2) is 9.24. The van der Waals surface area contributed by atoms with Gasteiger partial charge in [-0.1, -0.05) is 13.8 Å². The molecule has 10 nitrogen and oxygen atoms in total. The third kappa shape index (κ3) is 5.11. The number of sulfonamides is 1. The maximum absolute atomic E-state index is 12.6. The molecule has 0 radical (unpaired) electrons. The van der Waals surface area contributed by atoms with Crippen molar-refractivity contribution >= 4 is 27.2 Å². The van der Waals surface area contributed by atoms with Gasteiger partial charge in [0.2, 0.25) is 10.0 Å². The van der Waals surface area contributed by atoms with Gasteiger partial charge in [-0.3, -0.25) is 15.1 Å². The van der Waals surface area contributed by atoms with E-state index in [0.29, 0.717) is 32.0 Å². The lowest BCUT2D eigenvalue weighted by molar-refractivity contribution is -0.384. The SMILES string of the molecule is CCN(CC)S(=O)(=O)c1ccc(NCCNc2cnccn2)c([N+](=O)[O-])c1. The van der Waals surface area contributed by atoms with Gasteiger partial charge in [0.1, 0.15) is 11.5 Å². The van der Waals surface area contributed by atoms with Crippen LogP contribution in [0.5, 0.6) is 0 Å². The van der Waals surface area contributed by atoms with Crippen molar-refractivity contribution in [2.24, 2.45) is 0 Å². The number of benzene rings is 1. The van der Waals surface area contributed by atoms with E-state index in [9.17, 15) is 18.5 Å². The van der Waals surface area contributed by atoms with Gasteiger partial charge in [-0.2, -0.15) is 4.31 Å². The number of aromatic nitrogens is 2. The highest BCUT2D eigenvalue weighted by Gasteiger charge is 2.25. The van der Waals surface area contributed by atoms with Crippen LogP contribution < -0.4 is 10.6 Å². The quantitative estimate of drug-likeness (QED) is 0.355. The van der Waals surface area contributed by atoms with Gasteiger partial charge in [0, 0.05) is 44.6 Å². The average Bonchev–Trinajstić information content (AvgIpc) is 2.66. The van der Waals surface area contributed by atoms with Crippen LogP contribution >= 0.6 is 0 Å². The molecule has 0 saturated carbocycles. The minimum Gasteiger partial charge on any atom is -0.378 e. The fraction of sp³-hybridized carbons (Fsp3) is 0.375. The third-order valence-corrected chi connectivity index (χ3v) is 5.86. The molecule has 0 atom stereocenters. The van der Waals surface area contributed by atoms with Crippen LogP contribution in [-0.2, 0) is 10.0 Å². The van der Waals surface area contributed by atoms with E-state index in [1.54, 1.807) is 32.4 Å². The van der Waals surface area contributed by atoms with Crippen molar-refractivity contribution in [1.29, 1.82) is 0 Å². The van der Waals surface area contributed by atoms with E-state index in [-0.39, 0.29) is 16.3 Å². The molecule has 146 valence electrons. The first-order valence-electron chi connectivity index (χ1n) is 8.42. The average molecular weight is 394 g/mol. The molecule has 0 bridgehead atoms. The van der Waals surface area contributed by atoms with Crippen molar-refractivity contribution < 1.29 is 13.3 Å². The van der Waals surface area contributed by atoms with E-state index in [2.05, 4.69) is 20.6 Å². The van der Waals surface area contributed by atoms with Crippen LogP contribution in [0.4, 0.5) is 17.2 Å². The van der Waals surface area contributed by atoms with Crippen molar-refractivity contribution in [1.82, 2.24) is 14.3 Å². The Kier molecular flexibility index (Phi) is 7.02. The molecule has 1 aromatic heterocycles. The monoisotopic (exact) mass is 394 g/mol. The highest BCUT2D eigenvalue weighted by Crippen LogP contribution is 2.28. The molecule has 11 heteroatoms. The number of anilines is 2. The van der Waals surface area contributed by atoms with Crippen molar-refractivity contribution in [2.75, 3.05) is 36.8 Å². The van der Waals surface area contributed by atoms with Gasteiger partial charge in [-0.25, -0.2) is 13.4 Å². The van der Waals surface area contributed by atoms with Gasteiger partial charge in [0.25, 0.3) is 5.69 Å². The summed E-state index contributed by atoms with van der Waals surface area (Å²) in [6.45, 7) is 4.85. The second-order valence-corrected chi connectivity index (χ2v) is 7.41. The number of hydrogen-bond donors (Lipinski definition) is 2. The van der Waals surface area contributed by atoms with E-state index >= 15 is 0 Å². The molecule has 1 heterocycles. The summed E-state index contributed by atoms with van der Waals surface area (Å²) in [4.78, 5) is 18.7. The van der Waals surface area contributed by atoms with E-state index < -0.39 is 14.9 Å². The highest BCUT2D eigenvalue weighted by atomic mass is 32.2. The maximum atomic E-state index is 12.6. The molecule has 0 spiro atoms. The molecule has 0 amide bonds. The molecule has 0 aliphatic heterocycles. The van der Waals surface area contributed by atoms with Crippen molar-refractivity contribution in [3.8, 4) is 0 Å². The van der Waals surface area contributed by atoms with Gasteiger partial charge >= 0.3 is 0 Å². The predicted molar refractivity (Wildman–Crippen MR) is 102 cm³/mol. The molecule has 0 aliphatic rings. The molecule has 0 fully saturated rings. The molecular weight excluding hydrogens is 372 g/mol. The Labute approximate surface area is 157 Å². The van der Waals surface area contributed by atoms with Gasteiger partial charge < -0.3 is 10.6 Å². The van der Waals surface area contributed by atoms with Crippen LogP contribution in [0.25, 0.3) is 0 Å². The highest BCUT2D eigenvalue weighted by molar-refractivity contribution is 7.89. The van der Waals surface area contributed by atoms with Crippen LogP contribution in [0.3, 0.4) is 0 Å². The largest absolute Gasteiger partial charge is 0.378 e. The molecule has 0 unspecified atom stereocenters. The Morgan fingerprint density at radius 1 is 1.15 bits per heavy atom. The van der Waals surface area contributed by atoms with Crippen molar-refractivity contribution in [3.05, 3.63) is 46.9 Å². The molecular formula is C16H22N6O4S. The summed E-state index contributed by atoms with van der Waals surface area (Å²) < 4.78 is 26.4. The number of nitro benzene ring substituents is 1. The fourth-order valence-electron chi connectivity index (χ4n) is 2.46. The fourth-order valence-corrected chi connectivity index (χ4v) is 3.94. The van der Waals surface area contributed by atoms with Crippen LogP contribution in [0, 0.1) is 10.1 Å². The lowest BCUT2D eigenvalue weighted by Gasteiger charge is -2.18. The number of hydrogen-bond acceptors (Lipinski definition) is 8. The lowest BCUT2D eigenvalue weighted by Crippen LogP contribution is -2.30. The summed E-state index contributed by atoms with van der Waals surface area (Å²) >= 11 is 0. The number of rotatable bonds is 10. The van der Waals surface area contributed by atoms with Crippen LogP contribution in [0.1, 0.15) is 13.8 Å². The van der Waals surface area contributed by atoms with Gasteiger partial charge in [-0.05, 0) is 12.1 Å². The molecule has 2 rings (SSSR count). The van der Waals surface area contributed by atoms with E-state index in [4.69, 9.17) is 0 Å². The normalized spacial score (nSPS) is 11.4. The van der Waals surface area contributed by atoms with Crippen molar-refractivity contribution in [2.45, 2.75) is 18.7 Å². The topological polar surface area (TPSA) is 130 Å². The first-order chi connectivity index (χ1) is 12.9. The summed E-state index contributed by atoms with van der Waals surface area (Å²) in [6.07, 6.45) is 4.67. The zero-order chi connectivity index (χ0) is 19.9. The van der Waals surface area contributed by atoms with E-state index in [1.165, 1.54) is 16.4 Å². The van der Waals surface area contributed by atoms with Crippen LogP contribution in [-0.4, -0.2) is 53.8 Å². The Hall–Kier alpha value is -2.79. The van der Waals surface area contributed by atoms with E-state index in [1.807, 2.05) is 0 Å². The summed E-state index contributed by atoms with van der Waals surface area (Å²) in [5, 5.41) is 17.3. The van der Waals surface area contributed by atoms with Gasteiger partial charge in [0.05, 0.1) is 16.0 Å². The van der Waals surface area contributed by atoms with Crippen LogP contribution in [0.2, 0.25) is 0 Å². The molecule has 2 aromatic rings.